The van der Waals surface area contributed by atoms with Crippen LogP contribution in [0.1, 0.15) is 29.8 Å². The fraction of sp³-hybridized carbons (Fsp3) is 0.250. The highest BCUT2D eigenvalue weighted by Gasteiger charge is 2.50. The molecule has 0 radical (unpaired) electrons. The van der Waals surface area contributed by atoms with Crippen LogP contribution in [0.3, 0.4) is 0 Å². The van der Waals surface area contributed by atoms with Crippen molar-refractivity contribution in [2.75, 3.05) is 13.2 Å². The van der Waals surface area contributed by atoms with E-state index in [9.17, 15) is 14.4 Å². The molecule has 1 N–H and O–H groups in total. The molecule has 1 saturated heterocycles. The number of carbonyl (C=O) groups excluding carboxylic acids is 3. The molecule has 0 unspecified atom stereocenters. The molecule has 1 atom stereocenters. The largest absolute Gasteiger partial charge is 0.494 e. The molecule has 1 aliphatic rings. The highest BCUT2D eigenvalue weighted by Crippen LogP contribution is 2.33. The van der Waals surface area contributed by atoms with Crippen molar-refractivity contribution in [3.63, 3.8) is 0 Å². The second kappa shape index (κ2) is 7.40. The smallest absolute Gasteiger partial charge is 0.325 e. The maximum atomic E-state index is 12.9. The Hall–Kier alpha value is -2.86. The van der Waals surface area contributed by atoms with Gasteiger partial charge in [0.15, 0.2) is 5.78 Å². The van der Waals surface area contributed by atoms with E-state index < -0.39 is 17.5 Å². The number of hydrogen-bond donors (Lipinski definition) is 1. The molecule has 7 heteroatoms. The van der Waals surface area contributed by atoms with Crippen molar-refractivity contribution in [1.82, 2.24) is 10.2 Å². The van der Waals surface area contributed by atoms with Gasteiger partial charge in [0.1, 0.15) is 11.3 Å². The Kier molecular flexibility index (Phi) is 5.19. The van der Waals surface area contributed by atoms with Crippen LogP contribution in [0.5, 0.6) is 5.75 Å². The van der Waals surface area contributed by atoms with E-state index in [0.717, 1.165) is 4.90 Å². The number of ketones is 1. The second-order valence-electron chi connectivity index (χ2n) is 6.31. The number of ether oxygens (including phenoxy) is 1. The number of hydrogen-bond acceptors (Lipinski definition) is 4. The Bertz CT molecular complexity index is 897. The molecule has 0 saturated carbocycles. The summed E-state index contributed by atoms with van der Waals surface area (Å²) in [6.45, 7) is 3.62. The molecule has 3 amide bonds. The first-order chi connectivity index (χ1) is 12.9. The lowest BCUT2D eigenvalue weighted by Crippen LogP contribution is -2.41. The van der Waals surface area contributed by atoms with Crippen molar-refractivity contribution in [2.45, 2.75) is 19.4 Å². The van der Waals surface area contributed by atoms with Crippen LogP contribution in [-0.4, -0.2) is 35.8 Å². The van der Waals surface area contributed by atoms with Crippen LogP contribution in [0.15, 0.2) is 48.5 Å². The monoisotopic (exact) mass is 386 g/mol. The minimum atomic E-state index is -1.31. The molecule has 1 heterocycles. The summed E-state index contributed by atoms with van der Waals surface area (Å²) in [5, 5.41) is 3.02. The van der Waals surface area contributed by atoms with Crippen molar-refractivity contribution in [3.05, 3.63) is 64.7 Å². The predicted octanol–water partition coefficient (Wildman–Crippen LogP) is 3.39. The molecular formula is C20H19ClN2O4. The van der Waals surface area contributed by atoms with E-state index in [1.165, 1.54) is 0 Å². The number of benzene rings is 2. The summed E-state index contributed by atoms with van der Waals surface area (Å²) in [7, 11) is 0. The van der Waals surface area contributed by atoms with Gasteiger partial charge in [0, 0.05) is 16.1 Å². The SMILES string of the molecule is CCOc1ccc(C(=O)CN2C(=O)N[C@](C)(c3ccccc3Cl)C2=O)cc1. The number of amides is 3. The van der Waals surface area contributed by atoms with Gasteiger partial charge >= 0.3 is 6.03 Å². The van der Waals surface area contributed by atoms with Crippen molar-refractivity contribution >= 4 is 29.3 Å². The van der Waals surface area contributed by atoms with E-state index in [1.807, 2.05) is 6.92 Å². The van der Waals surface area contributed by atoms with Crippen LogP contribution in [0.2, 0.25) is 5.02 Å². The molecule has 1 aliphatic heterocycles. The van der Waals surface area contributed by atoms with Gasteiger partial charge in [0.2, 0.25) is 0 Å². The third-order valence-corrected chi connectivity index (χ3v) is 4.81. The molecule has 3 rings (SSSR count). The normalized spacial score (nSPS) is 19.1. The summed E-state index contributed by atoms with van der Waals surface area (Å²) in [6.07, 6.45) is 0. The van der Waals surface area contributed by atoms with Crippen LogP contribution in [0.4, 0.5) is 4.79 Å². The number of halogens is 1. The van der Waals surface area contributed by atoms with Crippen LogP contribution in [0, 0.1) is 0 Å². The molecule has 0 bridgehead atoms. The van der Waals surface area contributed by atoms with E-state index in [-0.39, 0.29) is 12.3 Å². The van der Waals surface area contributed by atoms with Gasteiger partial charge in [0.05, 0.1) is 13.2 Å². The van der Waals surface area contributed by atoms with Gasteiger partial charge in [-0.3, -0.25) is 14.5 Å². The number of imide groups is 1. The zero-order valence-corrected chi connectivity index (χ0v) is 15.7. The second-order valence-corrected chi connectivity index (χ2v) is 6.71. The zero-order chi connectivity index (χ0) is 19.6. The summed E-state index contributed by atoms with van der Waals surface area (Å²) >= 11 is 6.20. The van der Waals surface area contributed by atoms with Crippen LogP contribution in [-0.2, 0) is 10.3 Å². The molecule has 0 aliphatic carbocycles. The van der Waals surface area contributed by atoms with E-state index in [4.69, 9.17) is 16.3 Å². The Morgan fingerprint density at radius 3 is 2.44 bits per heavy atom. The van der Waals surface area contributed by atoms with E-state index >= 15 is 0 Å². The van der Waals surface area contributed by atoms with Gasteiger partial charge < -0.3 is 10.1 Å². The topological polar surface area (TPSA) is 75.7 Å². The molecule has 2 aromatic carbocycles. The van der Waals surface area contributed by atoms with Crippen LogP contribution >= 0.6 is 11.6 Å². The van der Waals surface area contributed by atoms with Crippen molar-refractivity contribution < 1.29 is 19.1 Å². The van der Waals surface area contributed by atoms with Crippen molar-refractivity contribution in [1.29, 1.82) is 0 Å². The van der Waals surface area contributed by atoms with Gasteiger partial charge in [-0.25, -0.2) is 4.79 Å². The standard InChI is InChI=1S/C20H19ClN2O4/c1-3-27-14-10-8-13(9-11-14)17(24)12-23-18(25)20(2,22-19(23)26)15-6-4-5-7-16(15)21/h4-11H,3,12H2,1-2H3,(H,22,26)/t20-/m1/s1. The van der Waals surface area contributed by atoms with Crippen molar-refractivity contribution in [3.8, 4) is 5.75 Å². The summed E-state index contributed by atoms with van der Waals surface area (Å²) in [4.78, 5) is 38.7. The number of rotatable bonds is 6. The number of nitrogens with zero attached hydrogens (tertiary/aromatic N) is 1. The number of Topliss-reactive ketones (excluding diaryl/α,β-unsaturated/α-hetero) is 1. The molecule has 1 fully saturated rings. The molecule has 140 valence electrons. The average molecular weight is 387 g/mol. The van der Waals surface area contributed by atoms with Crippen molar-refractivity contribution in [2.24, 2.45) is 0 Å². The van der Waals surface area contributed by atoms with Gasteiger partial charge in [-0.05, 0) is 44.2 Å². The molecule has 0 spiro atoms. The lowest BCUT2D eigenvalue weighted by atomic mass is 9.92. The molecule has 27 heavy (non-hydrogen) atoms. The number of carbonyl (C=O) groups is 3. The maximum Gasteiger partial charge on any atom is 0.325 e. The molecule has 0 aromatic heterocycles. The van der Waals surface area contributed by atoms with E-state index in [1.54, 1.807) is 55.5 Å². The summed E-state index contributed by atoms with van der Waals surface area (Å²) < 4.78 is 5.34. The van der Waals surface area contributed by atoms with Crippen LogP contribution < -0.4 is 10.1 Å². The quantitative estimate of drug-likeness (QED) is 0.610. The van der Waals surface area contributed by atoms with Gasteiger partial charge in [-0.15, -0.1) is 0 Å². The first kappa shape index (κ1) is 18.9. The minimum Gasteiger partial charge on any atom is -0.494 e. The Balaban J connectivity index is 1.79. The van der Waals surface area contributed by atoms with Gasteiger partial charge in [-0.1, -0.05) is 29.8 Å². The highest BCUT2D eigenvalue weighted by molar-refractivity contribution is 6.32. The predicted molar refractivity (Wildman–Crippen MR) is 101 cm³/mol. The maximum absolute atomic E-state index is 12.9. The summed E-state index contributed by atoms with van der Waals surface area (Å²) in [5.41, 5.74) is -0.430. The zero-order valence-electron chi connectivity index (χ0n) is 15.0. The lowest BCUT2D eigenvalue weighted by Gasteiger charge is -2.23. The summed E-state index contributed by atoms with van der Waals surface area (Å²) in [6, 6.07) is 12.8. The lowest BCUT2D eigenvalue weighted by molar-refractivity contribution is -0.130. The molecular weight excluding hydrogens is 368 g/mol. The van der Waals surface area contributed by atoms with Crippen LogP contribution in [0.25, 0.3) is 0 Å². The summed E-state index contributed by atoms with van der Waals surface area (Å²) in [5.74, 6) is -0.208. The molecule has 2 aromatic rings. The fourth-order valence-electron chi connectivity index (χ4n) is 3.03. The fourth-order valence-corrected chi connectivity index (χ4v) is 3.35. The highest BCUT2D eigenvalue weighted by atomic mass is 35.5. The Labute approximate surface area is 162 Å². The van der Waals surface area contributed by atoms with E-state index in [0.29, 0.717) is 28.5 Å². The third-order valence-electron chi connectivity index (χ3n) is 4.48. The minimum absolute atomic E-state index is 0.343. The first-order valence-electron chi connectivity index (χ1n) is 8.52. The number of urea groups is 1. The van der Waals surface area contributed by atoms with E-state index in [2.05, 4.69) is 5.32 Å². The van der Waals surface area contributed by atoms with Gasteiger partial charge in [0.25, 0.3) is 5.91 Å². The third kappa shape index (κ3) is 3.53. The molecule has 6 nitrogen and oxygen atoms in total. The average Bonchev–Trinajstić information content (AvgIpc) is 2.87. The first-order valence-corrected chi connectivity index (χ1v) is 8.89. The Morgan fingerprint density at radius 2 is 1.81 bits per heavy atom. The Morgan fingerprint density at radius 1 is 1.15 bits per heavy atom. The van der Waals surface area contributed by atoms with Gasteiger partial charge in [-0.2, -0.15) is 0 Å². The number of nitrogens with one attached hydrogen (secondary N) is 1.